The van der Waals surface area contributed by atoms with Crippen molar-refractivity contribution < 1.29 is 9.47 Å². The van der Waals surface area contributed by atoms with Crippen LogP contribution in [-0.4, -0.2) is 29.9 Å². The number of benzene rings is 1. The maximum Gasteiger partial charge on any atom is 0.124 e. The second-order valence-electron chi connectivity index (χ2n) is 4.63. The van der Waals surface area contributed by atoms with Gasteiger partial charge in [0.2, 0.25) is 0 Å². The van der Waals surface area contributed by atoms with Crippen LogP contribution in [0, 0.1) is 0 Å². The lowest BCUT2D eigenvalue weighted by Gasteiger charge is -2.09. The molecule has 0 N–H and O–H groups in total. The normalized spacial score (nSPS) is 11.2. The number of fused-ring (bicyclic) bond motifs is 1. The summed E-state index contributed by atoms with van der Waals surface area (Å²) in [5.74, 6) is 2.09. The van der Waals surface area contributed by atoms with Crippen LogP contribution in [0.4, 0.5) is 0 Å². The fourth-order valence-electron chi connectivity index (χ4n) is 2.14. The molecule has 5 heteroatoms. The van der Waals surface area contributed by atoms with Crippen molar-refractivity contribution in [1.82, 2.24) is 9.55 Å². The van der Waals surface area contributed by atoms with Crippen LogP contribution >= 0.6 is 11.6 Å². The van der Waals surface area contributed by atoms with Crippen LogP contribution in [0.25, 0.3) is 11.0 Å². The first-order valence-corrected chi connectivity index (χ1v) is 7.50. The SMILES string of the molecule is CCCCOCCn1c(CCl)nc2ccc(OC)cc21. The molecule has 1 aromatic carbocycles. The van der Waals surface area contributed by atoms with E-state index in [1.54, 1.807) is 7.11 Å². The van der Waals surface area contributed by atoms with Gasteiger partial charge in [-0.05, 0) is 18.6 Å². The van der Waals surface area contributed by atoms with E-state index in [4.69, 9.17) is 21.1 Å². The van der Waals surface area contributed by atoms with Crippen LogP contribution < -0.4 is 4.74 Å². The molecule has 0 spiro atoms. The van der Waals surface area contributed by atoms with Crippen LogP contribution in [0.15, 0.2) is 18.2 Å². The zero-order chi connectivity index (χ0) is 14.4. The first-order valence-electron chi connectivity index (χ1n) is 6.97. The Balaban J connectivity index is 2.16. The highest BCUT2D eigenvalue weighted by atomic mass is 35.5. The van der Waals surface area contributed by atoms with E-state index in [0.29, 0.717) is 12.5 Å². The van der Waals surface area contributed by atoms with E-state index in [-0.39, 0.29) is 0 Å². The molecule has 0 amide bonds. The van der Waals surface area contributed by atoms with Gasteiger partial charge in [-0.1, -0.05) is 13.3 Å². The third kappa shape index (κ3) is 3.44. The summed E-state index contributed by atoms with van der Waals surface area (Å²) in [6, 6.07) is 5.86. The van der Waals surface area contributed by atoms with Crippen molar-refractivity contribution in [1.29, 1.82) is 0 Å². The van der Waals surface area contributed by atoms with Crippen LogP contribution in [-0.2, 0) is 17.2 Å². The number of nitrogens with zero attached hydrogens (tertiary/aromatic N) is 2. The Morgan fingerprint density at radius 1 is 1.30 bits per heavy atom. The van der Waals surface area contributed by atoms with Crippen molar-refractivity contribution in [3.8, 4) is 5.75 Å². The number of rotatable bonds is 8. The van der Waals surface area contributed by atoms with Gasteiger partial charge in [0.15, 0.2) is 0 Å². The molecule has 0 saturated heterocycles. The van der Waals surface area contributed by atoms with Gasteiger partial charge >= 0.3 is 0 Å². The average Bonchev–Trinajstić information content (AvgIpc) is 2.84. The number of unbranched alkanes of at least 4 members (excludes halogenated alkanes) is 1. The summed E-state index contributed by atoms with van der Waals surface area (Å²) in [5.41, 5.74) is 1.98. The summed E-state index contributed by atoms with van der Waals surface area (Å²) in [4.78, 5) is 4.54. The first-order chi connectivity index (χ1) is 9.80. The summed E-state index contributed by atoms with van der Waals surface area (Å²) in [6.45, 7) is 4.40. The van der Waals surface area contributed by atoms with Crippen molar-refractivity contribution in [2.75, 3.05) is 20.3 Å². The number of ether oxygens (including phenoxy) is 2. The third-order valence-corrected chi connectivity index (χ3v) is 3.49. The summed E-state index contributed by atoms with van der Waals surface area (Å²) in [5, 5.41) is 0. The summed E-state index contributed by atoms with van der Waals surface area (Å²) >= 11 is 5.98. The Morgan fingerprint density at radius 2 is 2.15 bits per heavy atom. The fraction of sp³-hybridized carbons (Fsp3) is 0.533. The van der Waals surface area contributed by atoms with E-state index < -0.39 is 0 Å². The Kier molecular flexibility index (Phi) is 5.68. The standard InChI is InChI=1S/C15H21ClN2O2/c1-3-4-8-20-9-7-18-14-10-12(19-2)5-6-13(14)17-15(18)11-16/h5-6,10H,3-4,7-9,11H2,1-2H3. The predicted octanol–water partition coefficient (Wildman–Crippen LogP) is 3.60. The summed E-state index contributed by atoms with van der Waals surface area (Å²) < 4.78 is 13.0. The van der Waals surface area contributed by atoms with E-state index in [1.807, 2.05) is 18.2 Å². The molecule has 4 nitrogen and oxygen atoms in total. The number of hydrogen-bond acceptors (Lipinski definition) is 3. The summed E-state index contributed by atoms with van der Waals surface area (Å²) in [6.07, 6.45) is 2.25. The lowest BCUT2D eigenvalue weighted by molar-refractivity contribution is 0.124. The van der Waals surface area contributed by atoms with Crippen molar-refractivity contribution >= 4 is 22.6 Å². The minimum atomic E-state index is 0.395. The van der Waals surface area contributed by atoms with Crippen LogP contribution in [0.3, 0.4) is 0 Å². The number of halogens is 1. The average molecular weight is 297 g/mol. The van der Waals surface area contributed by atoms with E-state index in [2.05, 4.69) is 16.5 Å². The van der Waals surface area contributed by atoms with Crippen molar-refractivity contribution in [2.24, 2.45) is 0 Å². The molecule has 2 rings (SSSR count). The van der Waals surface area contributed by atoms with Crippen molar-refractivity contribution in [3.63, 3.8) is 0 Å². The van der Waals surface area contributed by atoms with Gasteiger partial charge in [0, 0.05) is 19.2 Å². The molecule has 20 heavy (non-hydrogen) atoms. The van der Waals surface area contributed by atoms with E-state index in [9.17, 15) is 0 Å². The Morgan fingerprint density at radius 3 is 2.85 bits per heavy atom. The first kappa shape index (κ1) is 15.1. The second-order valence-corrected chi connectivity index (χ2v) is 4.90. The third-order valence-electron chi connectivity index (χ3n) is 3.26. The van der Waals surface area contributed by atoms with E-state index >= 15 is 0 Å². The number of hydrogen-bond donors (Lipinski definition) is 0. The van der Waals surface area contributed by atoms with Gasteiger partial charge in [-0.3, -0.25) is 0 Å². The van der Waals surface area contributed by atoms with E-state index in [1.165, 1.54) is 0 Å². The zero-order valence-corrected chi connectivity index (χ0v) is 12.8. The molecule has 0 aliphatic carbocycles. The van der Waals surface area contributed by atoms with Gasteiger partial charge in [-0.2, -0.15) is 0 Å². The largest absolute Gasteiger partial charge is 0.497 e. The Bertz CT molecular complexity index is 554. The minimum Gasteiger partial charge on any atom is -0.497 e. The molecule has 0 unspecified atom stereocenters. The fourth-order valence-corrected chi connectivity index (χ4v) is 2.34. The molecule has 0 bridgehead atoms. The molecule has 0 aliphatic rings. The molecule has 2 aromatic rings. The van der Waals surface area contributed by atoms with Gasteiger partial charge in [0.25, 0.3) is 0 Å². The quantitative estimate of drug-likeness (QED) is 0.551. The van der Waals surface area contributed by atoms with Gasteiger partial charge in [-0.15, -0.1) is 11.6 Å². The predicted molar refractivity (Wildman–Crippen MR) is 81.6 cm³/mol. The van der Waals surface area contributed by atoms with Gasteiger partial charge in [-0.25, -0.2) is 4.98 Å². The van der Waals surface area contributed by atoms with Crippen LogP contribution in [0.1, 0.15) is 25.6 Å². The Hall–Kier alpha value is -1.26. The van der Waals surface area contributed by atoms with Gasteiger partial charge in [0.1, 0.15) is 11.6 Å². The molecule has 0 radical (unpaired) electrons. The maximum absolute atomic E-state index is 5.98. The second kappa shape index (κ2) is 7.50. The molecule has 0 aliphatic heterocycles. The monoisotopic (exact) mass is 296 g/mol. The highest BCUT2D eigenvalue weighted by Gasteiger charge is 2.10. The molecule has 0 saturated carbocycles. The highest BCUT2D eigenvalue weighted by molar-refractivity contribution is 6.16. The van der Waals surface area contributed by atoms with E-state index in [0.717, 1.165) is 48.6 Å². The van der Waals surface area contributed by atoms with Gasteiger partial charge < -0.3 is 14.0 Å². The topological polar surface area (TPSA) is 36.3 Å². The Labute approximate surface area is 124 Å². The molecular formula is C15H21ClN2O2. The van der Waals surface area contributed by atoms with Crippen LogP contribution in [0.2, 0.25) is 0 Å². The molecule has 1 heterocycles. The lowest BCUT2D eigenvalue weighted by Crippen LogP contribution is -2.09. The smallest absolute Gasteiger partial charge is 0.124 e. The number of imidazole rings is 1. The lowest BCUT2D eigenvalue weighted by atomic mass is 10.3. The maximum atomic E-state index is 5.98. The number of aromatic nitrogens is 2. The van der Waals surface area contributed by atoms with Crippen LogP contribution in [0.5, 0.6) is 5.75 Å². The minimum absolute atomic E-state index is 0.395. The molecule has 1 aromatic heterocycles. The number of methoxy groups -OCH3 is 1. The molecule has 0 atom stereocenters. The summed E-state index contributed by atoms with van der Waals surface area (Å²) in [7, 11) is 1.66. The highest BCUT2D eigenvalue weighted by Crippen LogP contribution is 2.22. The molecular weight excluding hydrogens is 276 g/mol. The van der Waals surface area contributed by atoms with Crippen molar-refractivity contribution in [2.45, 2.75) is 32.2 Å². The van der Waals surface area contributed by atoms with Crippen molar-refractivity contribution in [3.05, 3.63) is 24.0 Å². The molecule has 110 valence electrons. The number of alkyl halides is 1. The zero-order valence-electron chi connectivity index (χ0n) is 12.1. The van der Waals surface area contributed by atoms with Gasteiger partial charge in [0.05, 0.1) is 30.6 Å². The molecule has 0 fully saturated rings.